The highest BCUT2D eigenvalue weighted by atomic mass is 32.2. The van der Waals surface area contributed by atoms with Crippen LogP contribution in [-0.4, -0.2) is 85.7 Å². The normalized spacial score (nSPS) is 26.5. The third kappa shape index (κ3) is 6.92. The number of fused-ring (bicyclic) bond motifs is 3. The van der Waals surface area contributed by atoms with Crippen molar-refractivity contribution in [2.45, 2.75) is 75.2 Å². The van der Waals surface area contributed by atoms with Gasteiger partial charge in [-0.25, -0.2) is 13.4 Å². The largest absolute Gasteiger partial charge is 0.497 e. The van der Waals surface area contributed by atoms with Gasteiger partial charge in [-0.05, 0) is 94.7 Å². The number of carbonyl (C=O) groups excluding carboxylic acids is 3. The minimum Gasteiger partial charge on any atom is -0.497 e. The van der Waals surface area contributed by atoms with Crippen LogP contribution in [0.25, 0.3) is 22.3 Å². The van der Waals surface area contributed by atoms with Crippen molar-refractivity contribution in [3.8, 4) is 28.8 Å². The van der Waals surface area contributed by atoms with Crippen LogP contribution in [0.15, 0.2) is 48.6 Å². The van der Waals surface area contributed by atoms with Crippen LogP contribution in [-0.2, 0) is 24.4 Å². The predicted octanol–water partition coefficient (Wildman–Crippen LogP) is 4.08. The van der Waals surface area contributed by atoms with Crippen molar-refractivity contribution in [3.05, 3.63) is 54.1 Å². The van der Waals surface area contributed by atoms with Crippen LogP contribution >= 0.6 is 0 Å². The van der Waals surface area contributed by atoms with Gasteiger partial charge in [0.2, 0.25) is 27.7 Å². The molecule has 0 spiro atoms. The first-order valence-corrected chi connectivity index (χ1v) is 19.4. The molecule has 3 fully saturated rings. The van der Waals surface area contributed by atoms with E-state index in [0.717, 1.165) is 30.4 Å². The van der Waals surface area contributed by atoms with Gasteiger partial charge in [-0.2, -0.15) is 4.98 Å². The van der Waals surface area contributed by atoms with Gasteiger partial charge in [0.25, 0.3) is 5.91 Å². The molecule has 13 nitrogen and oxygen atoms in total. The van der Waals surface area contributed by atoms with Gasteiger partial charge in [0.15, 0.2) is 5.82 Å². The number of hydrogen-bond donors (Lipinski definition) is 2. The number of nitrogens with one attached hydrogen (secondary N) is 2. The van der Waals surface area contributed by atoms with E-state index in [2.05, 4.69) is 10.0 Å². The molecule has 14 heteroatoms. The zero-order valence-corrected chi connectivity index (χ0v) is 30.7. The highest BCUT2D eigenvalue weighted by Crippen LogP contribution is 2.47. The van der Waals surface area contributed by atoms with Crippen molar-refractivity contribution in [2.75, 3.05) is 27.8 Å². The minimum atomic E-state index is -3.84. The van der Waals surface area contributed by atoms with E-state index < -0.39 is 50.6 Å². The fraction of sp³-hybridized carbons (Fsp3) is 0.500. The zero-order valence-electron chi connectivity index (χ0n) is 29.9. The van der Waals surface area contributed by atoms with Gasteiger partial charge >= 0.3 is 0 Å². The molecular weight excluding hydrogens is 687 g/mol. The number of methoxy groups -OCH3 is 2. The Morgan fingerprint density at radius 2 is 1.75 bits per heavy atom. The van der Waals surface area contributed by atoms with Gasteiger partial charge in [-0.3, -0.25) is 19.1 Å². The highest BCUT2D eigenvalue weighted by Gasteiger charge is 2.62. The lowest BCUT2D eigenvalue weighted by atomic mass is 9.93. The Hall–Kier alpha value is -4.72. The molecule has 2 aromatic carbocycles. The third-order valence-corrected chi connectivity index (χ3v) is 12.7. The lowest BCUT2D eigenvalue weighted by molar-refractivity contribution is -0.140. The number of rotatable bonds is 8. The number of aromatic nitrogens is 2. The molecule has 0 radical (unpaired) electrons. The number of sulfonamides is 1. The summed E-state index contributed by atoms with van der Waals surface area (Å²) in [5.41, 5.74) is 0.774. The number of carbonyl (C=O) groups is 3. The van der Waals surface area contributed by atoms with Crippen LogP contribution in [0.1, 0.15) is 56.9 Å². The number of aryl methyl sites for hydroxylation is 1. The van der Waals surface area contributed by atoms with Gasteiger partial charge in [-0.1, -0.05) is 12.2 Å². The fourth-order valence-electron chi connectivity index (χ4n) is 7.52. The van der Waals surface area contributed by atoms with Crippen LogP contribution in [0.3, 0.4) is 0 Å². The molecule has 5 atom stereocenters. The molecule has 3 amide bonds. The van der Waals surface area contributed by atoms with E-state index >= 15 is 0 Å². The van der Waals surface area contributed by atoms with Crippen molar-refractivity contribution in [1.82, 2.24) is 24.9 Å². The summed E-state index contributed by atoms with van der Waals surface area (Å²) in [5, 5.41) is 3.01. The maximum absolute atomic E-state index is 14.3. The number of hydrogen-bond acceptors (Lipinski definition) is 10. The standard InChI is InChI=1S/C38H45N5O8S/c1-22-31(50-4)17-16-28-32(22)39-33(23-10-12-25(49-3)13-11-23)40-35(28)51-26-19-29-30(20-26)36(45)43(2)18-8-6-5-7-9-24-21-38(24,41-34(29)44)37(46)42-52(47,48)27-14-15-27/h7,9-13,16-17,24,26-27,29-30H,5-6,8,14-15,18-21H2,1-4H3,(H,41,44)(H,42,46)/t24-,26-,29-,30-,38-/m1/s1. The van der Waals surface area contributed by atoms with Gasteiger partial charge < -0.3 is 24.4 Å². The van der Waals surface area contributed by atoms with Crippen LogP contribution < -0.4 is 24.2 Å². The third-order valence-electron chi connectivity index (χ3n) is 10.9. The lowest BCUT2D eigenvalue weighted by Crippen LogP contribution is -2.54. The number of allylic oxidation sites excluding steroid dienone is 1. The summed E-state index contributed by atoms with van der Waals surface area (Å²) < 4.78 is 45.4. The Morgan fingerprint density at radius 3 is 2.46 bits per heavy atom. The van der Waals surface area contributed by atoms with E-state index in [4.69, 9.17) is 24.2 Å². The van der Waals surface area contributed by atoms with Crippen molar-refractivity contribution in [3.63, 3.8) is 0 Å². The maximum Gasteiger partial charge on any atom is 0.259 e. The van der Waals surface area contributed by atoms with Crippen molar-refractivity contribution in [1.29, 1.82) is 0 Å². The smallest absolute Gasteiger partial charge is 0.259 e. The first-order chi connectivity index (χ1) is 24.9. The molecule has 276 valence electrons. The molecule has 0 unspecified atom stereocenters. The van der Waals surface area contributed by atoms with Crippen LogP contribution in [0.5, 0.6) is 17.4 Å². The average Bonchev–Trinajstić information content (AvgIpc) is 4.06. The summed E-state index contributed by atoms with van der Waals surface area (Å²) in [6.07, 6.45) is 7.36. The van der Waals surface area contributed by atoms with Crippen LogP contribution in [0, 0.1) is 24.7 Å². The topological polar surface area (TPSA) is 166 Å². The summed E-state index contributed by atoms with van der Waals surface area (Å²) in [4.78, 5) is 53.3. The molecule has 3 aliphatic carbocycles. The molecule has 7 rings (SSSR count). The lowest BCUT2D eigenvalue weighted by Gasteiger charge is -2.26. The van der Waals surface area contributed by atoms with Gasteiger partial charge in [0.1, 0.15) is 23.1 Å². The average molecular weight is 732 g/mol. The van der Waals surface area contributed by atoms with Crippen molar-refractivity contribution in [2.24, 2.45) is 17.8 Å². The van der Waals surface area contributed by atoms with Crippen LogP contribution in [0.2, 0.25) is 0 Å². The molecule has 3 saturated carbocycles. The number of amides is 3. The molecule has 2 heterocycles. The second kappa shape index (κ2) is 14.0. The summed E-state index contributed by atoms with van der Waals surface area (Å²) in [7, 11) is 1.10. The molecule has 2 N–H and O–H groups in total. The molecule has 4 aliphatic rings. The molecule has 52 heavy (non-hydrogen) atoms. The Morgan fingerprint density at radius 1 is 1.00 bits per heavy atom. The van der Waals surface area contributed by atoms with Crippen molar-refractivity contribution >= 4 is 38.6 Å². The van der Waals surface area contributed by atoms with E-state index in [1.807, 2.05) is 55.5 Å². The number of ether oxygens (including phenoxy) is 3. The zero-order chi connectivity index (χ0) is 36.8. The van der Waals surface area contributed by atoms with E-state index in [-0.39, 0.29) is 31.1 Å². The summed E-state index contributed by atoms with van der Waals surface area (Å²) in [6, 6.07) is 11.0. The van der Waals surface area contributed by atoms with Gasteiger partial charge in [-0.15, -0.1) is 0 Å². The number of nitrogens with zero attached hydrogens (tertiary/aromatic N) is 3. The summed E-state index contributed by atoms with van der Waals surface area (Å²) in [6.45, 7) is 2.45. The minimum absolute atomic E-state index is 0.173. The Kier molecular flexibility index (Phi) is 9.62. The Bertz CT molecular complexity index is 2030. The molecule has 0 saturated heterocycles. The van der Waals surface area contributed by atoms with E-state index in [0.29, 0.717) is 53.5 Å². The molecule has 0 bridgehead atoms. The predicted molar refractivity (Wildman–Crippen MR) is 193 cm³/mol. The second-order valence-electron chi connectivity index (χ2n) is 14.4. The monoisotopic (exact) mass is 731 g/mol. The van der Waals surface area contributed by atoms with Crippen molar-refractivity contribution < 1.29 is 37.0 Å². The second-order valence-corrected chi connectivity index (χ2v) is 16.4. The quantitative estimate of drug-likeness (QED) is 0.323. The van der Waals surface area contributed by atoms with Crippen LogP contribution in [0.4, 0.5) is 0 Å². The Balaban J connectivity index is 1.21. The van der Waals surface area contributed by atoms with E-state index in [1.165, 1.54) is 0 Å². The molecule has 1 aliphatic heterocycles. The van der Waals surface area contributed by atoms with E-state index in [9.17, 15) is 22.8 Å². The summed E-state index contributed by atoms with van der Waals surface area (Å²) >= 11 is 0. The van der Waals surface area contributed by atoms with E-state index in [1.54, 1.807) is 26.2 Å². The molecule has 1 aromatic heterocycles. The summed E-state index contributed by atoms with van der Waals surface area (Å²) in [5.74, 6) is -1.21. The van der Waals surface area contributed by atoms with Gasteiger partial charge in [0, 0.05) is 30.6 Å². The molecule has 3 aromatic rings. The van der Waals surface area contributed by atoms with Gasteiger partial charge in [0.05, 0.1) is 42.2 Å². The fourth-order valence-corrected chi connectivity index (χ4v) is 8.88. The molecular formula is C38H45N5O8S. The first kappa shape index (κ1) is 35.7. The maximum atomic E-state index is 14.3. The number of benzene rings is 2. The Labute approximate surface area is 303 Å². The SMILES string of the molecule is COc1ccc(-c2nc(O[C@@H]3C[C@H]4C(=O)N[C@]5(C(=O)NS(=O)(=O)C6CC6)C[C@H]5C=CCCCCN(C)C(=O)[C@@H]4C3)c3ccc(OC)c(C)c3n2)cc1. The highest BCUT2D eigenvalue weighted by molar-refractivity contribution is 7.91. The first-order valence-electron chi connectivity index (χ1n) is 17.9.